The van der Waals surface area contributed by atoms with E-state index in [4.69, 9.17) is 9.97 Å². The zero-order valence-electron chi connectivity index (χ0n) is 28.5. The summed E-state index contributed by atoms with van der Waals surface area (Å²) in [5.74, 6) is 0. The Morgan fingerprint density at radius 1 is 0.396 bits per heavy atom. The Labute approximate surface area is 310 Å². The molecule has 10 rings (SSSR count). The van der Waals surface area contributed by atoms with Crippen LogP contribution in [0.15, 0.2) is 182 Å². The number of thiophene rings is 1. The fourth-order valence-corrected chi connectivity index (χ4v) is 8.57. The highest BCUT2D eigenvalue weighted by Gasteiger charge is 2.23. The van der Waals surface area contributed by atoms with Crippen molar-refractivity contribution < 1.29 is 0 Å². The van der Waals surface area contributed by atoms with Crippen molar-refractivity contribution in [2.45, 2.75) is 0 Å². The average Bonchev–Trinajstić information content (AvgIpc) is 3.65. The number of nitrogens with zero attached hydrogens (tertiary/aromatic N) is 4. The summed E-state index contributed by atoms with van der Waals surface area (Å²) in [6, 6.07) is 59.5. The SMILES string of the molecule is c1ccc(-c2nc3ccccc3c3sc(-c4ccc5ccccc5c4)c(-c4ccc(-c5cc(-c6ccccn6)nc(-c6ccccn6)c5)cc4)c23)cc1. The number of pyridine rings is 4. The molecule has 0 aliphatic carbocycles. The monoisotopic (exact) mass is 694 g/mol. The summed E-state index contributed by atoms with van der Waals surface area (Å²) in [6.07, 6.45) is 3.61. The summed E-state index contributed by atoms with van der Waals surface area (Å²) in [5, 5.41) is 4.79. The van der Waals surface area contributed by atoms with E-state index in [1.54, 1.807) is 12.4 Å². The third kappa shape index (κ3) is 5.64. The zero-order chi connectivity index (χ0) is 35.1. The minimum Gasteiger partial charge on any atom is -0.255 e. The molecule has 5 heterocycles. The van der Waals surface area contributed by atoms with E-state index in [9.17, 15) is 0 Å². The minimum atomic E-state index is 0.806. The van der Waals surface area contributed by atoms with Crippen LogP contribution in [0.2, 0.25) is 0 Å². The van der Waals surface area contributed by atoms with E-state index < -0.39 is 0 Å². The molecule has 0 radical (unpaired) electrons. The van der Waals surface area contributed by atoms with Gasteiger partial charge in [-0.25, -0.2) is 9.97 Å². The predicted molar refractivity (Wildman–Crippen MR) is 221 cm³/mol. The molecular formula is C48H30N4S. The van der Waals surface area contributed by atoms with Crippen molar-refractivity contribution in [3.8, 4) is 66.7 Å². The molecule has 0 atom stereocenters. The molecule has 5 aromatic heterocycles. The second-order valence-corrected chi connectivity index (χ2v) is 14.1. The lowest BCUT2D eigenvalue weighted by molar-refractivity contribution is 1.22. The molecule has 53 heavy (non-hydrogen) atoms. The fourth-order valence-electron chi connectivity index (χ4n) is 7.22. The van der Waals surface area contributed by atoms with Crippen LogP contribution in [0.4, 0.5) is 0 Å². The van der Waals surface area contributed by atoms with Gasteiger partial charge in [-0.3, -0.25) is 9.97 Å². The Hall–Kier alpha value is -6.82. The Morgan fingerprint density at radius 2 is 1.02 bits per heavy atom. The normalized spacial score (nSPS) is 11.4. The first kappa shape index (κ1) is 31.0. The molecule has 248 valence electrons. The van der Waals surface area contributed by atoms with Gasteiger partial charge in [0.25, 0.3) is 0 Å². The highest BCUT2D eigenvalue weighted by molar-refractivity contribution is 7.24. The van der Waals surface area contributed by atoms with Crippen molar-refractivity contribution in [3.05, 3.63) is 182 Å². The van der Waals surface area contributed by atoms with Crippen LogP contribution < -0.4 is 0 Å². The van der Waals surface area contributed by atoms with Crippen molar-refractivity contribution in [1.29, 1.82) is 0 Å². The summed E-state index contributed by atoms with van der Waals surface area (Å²) >= 11 is 1.86. The molecule has 0 saturated heterocycles. The predicted octanol–water partition coefficient (Wildman–Crippen LogP) is 12.8. The van der Waals surface area contributed by atoms with Gasteiger partial charge in [-0.05, 0) is 81.6 Å². The maximum absolute atomic E-state index is 5.35. The van der Waals surface area contributed by atoms with E-state index in [0.29, 0.717) is 0 Å². The molecule has 0 unspecified atom stereocenters. The quantitative estimate of drug-likeness (QED) is 0.174. The maximum Gasteiger partial charge on any atom is 0.0900 e. The topological polar surface area (TPSA) is 51.6 Å². The van der Waals surface area contributed by atoms with E-state index in [-0.39, 0.29) is 0 Å². The Balaban J connectivity index is 1.20. The van der Waals surface area contributed by atoms with Crippen molar-refractivity contribution in [2.24, 2.45) is 0 Å². The van der Waals surface area contributed by atoms with Gasteiger partial charge in [-0.1, -0.05) is 121 Å². The van der Waals surface area contributed by atoms with Crippen LogP contribution in [-0.4, -0.2) is 19.9 Å². The van der Waals surface area contributed by atoms with Crippen LogP contribution in [0.5, 0.6) is 0 Å². The first-order valence-electron chi connectivity index (χ1n) is 17.6. The molecule has 5 aromatic carbocycles. The second kappa shape index (κ2) is 13.1. The molecule has 0 N–H and O–H groups in total. The third-order valence-corrected chi connectivity index (χ3v) is 11.0. The molecule has 0 aliphatic heterocycles. The number of rotatable bonds is 6. The molecular weight excluding hydrogens is 665 g/mol. The van der Waals surface area contributed by atoms with Crippen LogP contribution in [-0.2, 0) is 0 Å². The Bertz CT molecular complexity index is 2860. The standard InChI is InChI=1S/C48H30N4S/c1-2-13-34(14-3-1)46-45-44(47(36-25-22-31-12-4-5-15-35(31)28-36)53-48(45)38-16-6-7-17-39(38)52-46)33-23-20-32(21-24-33)37-29-42(40-18-8-10-26-49-40)51-43(30-37)41-19-9-11-27-50-41/h1-30H. The van der Waals surface area contributed by atoms with Crippen LogP contribution in [0.1, 0.15) is 0 Å². The van der Waals surface area contributed by atoms with Gasteiger partial charge >= 0.3 is 0 Å². The number of fused-ring (bicyclic) bond motifs is 4. The summed E-state index contributed by atoms with van der Waals surface area (Å²) in [4.78, 5) is 20.8. The van der Waals surface area contributed by atoms with Gasteiger partial charge in [0.1, 0.15) is 0 Å². The fraction of sp³-hybridized carbons (Fsp3) is 0. The van der Waals surface area contributed by atoms with Gasteiger partial charge in [0, 0.05) is 43.9 Å². The first-order chi connectivity index (χ1) is 26.3. The highest BCUT2D eigenvalue weighted by atomic mass is 32.1. The molecule has 0 bridgehead atoms. The Morgan fingerprint density at radius 3 is 1.74 bits per heavy atom. The molecule has 0 amide bonds. The summed E-state index contributed by atoms with van der Waals surface area (Å²) in [7, 11) is 0. The van der Waals surface area contributed by atoms with Crippen LogP contribution in [0, 0.1) is 0 Å². The lowest BCUT2D eigenvalue weighted by Gasteiger charge is -2.12. The van der Waals surface area contributed by atoms with Crippen LogP contribution in [0.25, 0.3) is 98.5 Å². The molecule has 0 spiro atoms. The number of aromatic nitrogens is 4. The maximum atomic E-state index is 5.35. The first-order valence-corrected chi connectivity index (χ1v) is 18.4. The lowest BCUT2D eigenvalue weighted by atomic mass is 9.93. The second-order valence-electron chi connectivity index (χ2n) is 13.0. The minimum absolute atomic E-state index is 0.806. The van der Waals surface area contributed by atoms with E-state index in [0.717, 1.165) is 61.6 Å². The van der Waals surface area contributed by atoms with Gasteiger partial charge in [0.15, 0.2) is 0 Å². The van der Waals surface area contributed by atoms with Gasteiger partial charge < -0.3 is 0 Å². The third-order valence-electron chi connectivity index (χ3n) is 9.77. The van der Waals surface area contributed by atoms with E-state index in [2.05, 4.69) is 143 Å². The highest BCUT2D eigenvalue weighted by Crippen LogP contribution is 2.50. The van der Waals surface area contributed by atoms with Gasteiger partial charge in [-0.2, -0.15) is 0 Å². The van der Waals surface area contributed by atoms with E-state index in [1.807, 2.05) is 47.7 Å². The average molecular weight is 695 g/mol. The number of benzene rings is 5. The molecule has 10 aromatic rings. The number of hydrogen-bond acceptors (Lipinski definition) is 5. The largest absolute Gasteiger partial charge is 0.255 e. The smallest absolute Gasteiger partial charge is 0.0900 e. The summed E-state index contributed by atoms with van der Waals surface area (Å²) in [6.45, 7) is 0. The zero-order valence-corrected chi connectivity index (χ0v) is 29.3. The lowest BCUT2D eigenvalue weighted by Crippen LogP contribution is -1.94. The van der Waals surface area contributed by atoms with Gasteiger partial charge in [0.2, 0.25) is 0 Å². The molecule has 0 saturated carbocycles. The molecule has 0 aliphatic rings. The van der Waals surface area contributed by atoms with Crippen molar-refractivity contribution >= 4 is 43.1 Å². The van der Waals surface area contributed by atoms with Crippen molar-refractivity contribution in [3.63, 3.8) is 0 Å². The summed E-state index contributed by atoms with van der Waals surface area (Å²) in [5.41, 5.74) is 12.0. The molecule has 4 nitrogen and oxygen atoms in total. The van der Waals surface area contributed by atoms with E-state index in [1.165, 1.54) is 36.9 Å². The summed E-state index contributed by atoms with van der Waals surface area (Å²) < 4.78 is 1.24. The van der Waals surface area contributed by atoms with Gasteiger partial charge in [0.05, 0.1) is 34.0 Å². The van der Waals surface area contributed by atoms with Crippen molar-refractivity contribution in [1.82, 2.24) is 19.9 Å². The molecule has 0 fully saturated rings. The number of para-hydroxylation sites is 1. The van der Waals surface area contributed by atoms with Crippen molar-refractivity contribution in [2.75, 3.05) is 0 Å². The Kier molecular flexibility index (Phi) is 7.63. The van der Waals surface area contributed by atoms with E-state index >= 15 is 0 Å². The number of hydrogen-bond donors (Lipinski definition) is 0. The molecule has 5 heteroatoms. The van der Waals surface area contributed by atoms with Crippen LogP contribution >= 0.6 is 11.3 Å². The van der Waals surface area contributed by atoms with Crippen LogP contribution in [0.3, 0.4) is 0 Å². The van der Waals surface area contributed by atoms with Gasteiger partial charge in [-0.15, -0.1) is 11.3 Å².